The Morgan fingerprint density at radius 3 is 3.00 bits per heavy atom. The molecule has 0 aliphatic carbocycles. The van der Waals surface area contributed by atoms with Crippen molar-refractivity contribution < 1.29 is 4.42 Å². The summed E-state index contributed by atoms with van der Waals surface area (Å²) in [5.41, 5.74) is 7.13. The highest BCUT2D eigenvalue weighted by Crippen LogP contribution is 2.33. The average Bonchev–Trinajstić information content (AvgIpc) is 2.73. The van der Waals surface area contributed by atoms with E-state index >= 15 is 0 Å². The van der Waals surface area contributed by atoms with E-state index in [1.165, 1.54) is 17.7 Å². The molecule has 0 aromatic carbocycles. The molecule has 0 saturated carbocycles. The summed E-state index contributed by atoms with van der Waals surface area (Å²) in [6.45, 7) is 7.55. The molecule has 0 radical (unpaired) electrons. The predicted octanol–water partition coefficient (Wildman–Crippen LogP) is 2.50. The van der Waals surface area contributed by atoms with E-state index in [4.69, 9.17) is 10.2 Å². The van der Waals surface area contributed by atoms with E-state index in [1.54, 1.807) is 6.26 Å². The van der Waals surface area contributed by atoms with E-state index in [0.29, 0.717) is 17.3 Å². The van der Waals surface area contributed by atoms with Crippen LogP contribution in [0.1, 0.15) is 31.9 Å². The predicted molar refractivity (Wildman–Crippen MR) is 73.2 cm³/mol. The second-order valence-corrected chi connectivity index (χ2v) is 7.00. The highest BCUT2D eigenvalue weighted by atomic mass is 32.2. The van der Waals surface area contributed by atoms with Gasteiger partial charge in [0.2, 0.25) is 0 Å². The number of hydrogen-bond donors (Lipinski definition) is 1. The standard InChI is InChI=1S/C13H22N2OS/c1-13(2)4-5-15(6-8-17-13)12(9-14)11-3-7-16-10-11/h3,7,10,12H,4-6,8-9,14H2,1-2H3. The molecule has 17 heavy (non-hydrogen) atoms. The quantitative estimate of drug-likeness (QED) is 0.900. The lowest BCUT2D eigenvalue weighted by atomic mass is 10.1. The first kappa shape index (κ1) is 13.0. The Hall–Kier alpha value is -0.450. The molecule has 1 unspecified atom stereocenters. The Kier molecular flexibility index (Phi) is 4.17. The molecule has 4 heteroatoms. The van der Waals surface area contributed by atoms with Crippen LogP contribution in [0.25, 0.3) is 0 Å². The fraction of sp³-hybridized carbons (Fsp3) is 0.692. The number of rotatable bonds is 3. The topological polar surface area (TPSA) is 42.4 Å². The largest absolute Gasteiger partial charge is 0.472 e. The number of thioether (sulfide) groups is 1. The van der Waals surface area contributed by atoms with Crippen molar-refractivity contribution in [3.05, 3.63) is 24.2 Å². The Bertz CT molecular complexity index is 337. The summed E-state index contributed by atoms with van der Waals surface area (Å²) in [7, 11) is 0. The summed E-state index contributed by atoms with van der Waals surface area (Å²) in [6, 6.07) is 2.34. The highest BCUT2D eigenvalue weighted by molar-refractivity contribution is 8.00. The minimum absolute atomic E-state index is 0.309. The summed E-state index contributed by atoms with van der Waals surface area (Å²) < 4.78 is 5.57. The molecule has 2 rings (SSSR count). The average molecular weight is 254 g/mol. The first-order chi connectivity index (χ1) is 8.12. The van der Waals surface area contributed by atoms with Crippen LogP contribution in [0.2, 0.25) is 0 Å². The molecular weight excluding hydrogens is 232 g/mol. The number of furan rings is 1. The number of nitrogens with zero attached hydrogens (tertiary/aromatic N) is 1. The lowest BCUT2D eigenvalue weighted by Crippen LogP contribution is -2.35. The molecule has 1 aliphatic rings. The SMILES string of the molecule is CC1(C)CCN(C(CN)c2ccoc2)CCS1. The molecule has 1 aromatic rings. The summed E-state index contributed by atoms with van der Waals surface area (Å²) in [5.74, 6) is 1.18. The Morgan fingerprint density at radius 2 is 2.35 bits per heavy atom. The van der Waals surface area contributed by atoms with E-state index < -0.39 is 0 Å². The van der Waals surface area contributed by atoms with Gasteiger partial charge in [0.1, 0.15) is 0 Å². The van der Waals surface area contributed by atoms with Crippen LogP contribution in [0, 0.1) is 0 Å². The van der Waals surface area contributed by atoms with Gasteiger partial charge in [-0.25, -0.2) is 0 Å². The van der Waals surface area contributed by atoms with E-state index in [0.717, 1.165) is 13.1 Å². The fourth-order valence-electron chi connectivity index (χ4n) is 2.31. The third kappa shape index (κ3) is 3.27. The zero-order valence-electron chi connectivity index (χ0n) is 10.7. The Balaban J connectivity index is 2.05. The van der Waals surface area contributed by atoms with Gasteiger partial charge in [-0.15, -0.1) is 0 Å². The molecule has 1 aliphatic heterocycles. The van der Waals surface area contributed by atoms with Gasteiger partial charge in [0.05, 0.1) is 18.6 Å². The molecule has 2 N–H and O–H groups in total. The fourth-order valence-corrected chi connectivity index (χ4v) is 3.42. The van der Waals surface area contributed by atoms with E-state index in [-0.39, 0.29) is 0 Å². The number of hydrogen-bond acceptors (Lipinski definition) is 4. The summed E-state index contributed by atoms with van der Waals surface area (Å²) in [5, 5.41) is 0. The third-order valence-electron chi connectivity index (χ3n) is 3.46. The van der Waals surface area contributed by atoms with Gasteiger partial charge in [-0.1, -0.05) is 13.8 Å². The zero-order chi connectivity index (χ0) is 12.3. The van der Waals surface area contributed by atoms with Gasteiger partial charge in [-0.3, -0.25) is 4.90 Å². The van der Waals surface area contributed by atoms with Crippen LogP contribution in [-0.4, -0.2) is 35.0 Å². The van der Waals surface area contributed by atoms with Gasteiger partial charge in [0.15, 0.2) is 0 Å². The van der Waals surface area contributed by atoms with Crippen molar-refractivity contribution in [1.29, 1.82) is 0 Å². The van der Waals surface area contributed by atoms with Crippen LogP contribution in [-0.2, 0) is 0 Å². The van der Waals surface area contributed by atoms with E-state index in [1.807, 2.05) is 12.3 Å². The second-order valence-electron chi connectivity index (χ2n) is 5.20. The van der Waals surface area contributed by atoms with Gasteiger partial charge in [0, 0.05) is 35.7 Å². The molecule has 1 aromatic heterocycles. The van der Waals surface area contributed by atoms with Crippen molar-refractivity contribution in [2.45, 2.75) is 31.1 Å². The summed E-state index contributed by atoms with van der Waals surface area (Å²) in [6.07, 6.45) is 4.77. The van der Waals surface area contributed by atoms with Crippen LogP contribution in [0.4, 0.5) is 0 Å². The molecule has 96 valence electrons. The Morgan fingerprint density at radius 1 is 1.53 bits per heavy atom. The van der Waals surface area contributed by atoms with Crippen molar-refractivity contribution in [2.75, 3.05) is 25.4 Å². The normalized spacial score (nSPS) is 23.2. The summed E-state index contributed by atoms with van der Waals surface area (Å²) in [4.78, 5) is 2.49. The molecule has 1 atom stereocenters. The lowest BCUT2D eigenvalue weighted by molar-refractivity contribution is 0.210. The first-order valence-electron chi connectivity index (χ1n) is 6.22. The first-order valence-corrected chi connectivity index (χ1v) is 7.21. The van der Waals surface area contributed by atoms with Crippen LogP contribution in [0.5, 0.6) is 0 Å². The maximum Gasteiger partial charge on any atom is 0.0950 e. The Labute approximate surface area is 108 Å². The minimum Gasteiger partial charge on any atom is -0.472 e. The molecule has 2 heterocycles. The molecule has 3 nitrogen and oxygen atoms in total. The maximum atomic E-state index is 5.92. The lowest BCUT2D eigenvalue weighted by Gasteiger charge is -2.29. The highest BCUT2D eigenvalue weighted by Gasteiger charge is 2.27. The third-order valence-corrected chi connectivity index (χ3v) is 4.84. The van der Waals surface area contributed by atoms with Crippen molar-refractivity contribution in [3.8, 4) is 0 Å². The van der Waals surface area contributed by atoms with Crippen molar-refractivity contribution in [2.24, 2.45) is 5.73 Å². The second kappa shape index (κ2) is 5.46. The minimum atomic E-state index is 0.309. The van der Waals surface area contributed by atoms with Gasteiger partial charge in [-0.2, -0.15) is 11.8 Å². The van der Waals surface area contributed by atoms with Gasteiger partial charge >= 0.3 is 0 Å². The van der Waals surface area contributed by atoms with Crippen LogP contribution in [0.3, 0.4) is 0 Å². The molecule has 1 saturated heterocycles. The number of nitrogens with two attached hydrogens (primary N) is 1. The smallest absolute Gasteiger partial charge is 0.0950 e. The zero-order valence-corrected chi connectivity index (χ0v) is 11.5. The van der Waals surface area contributed by atoms with Gasteiger partial charge in [0.25, 0.3) is 0 Å². The molecule has 1 fully saturated rings. The van der Waals surface area contributed by atoms with Crippen LogP contribution < -0.4 is 5.73 Å². The monoisotopic (exact) mass is 254 g/mol. The summed E-state index contributed by atoms with van der Waals surface area (Å²) >= 11 is 2.06. The van der Waals surface area contributed by atoms with Crippen molar-refractivity contribution in [3.63, 3.8) is 0 Å². The van der Waals surface area contributed by atoms with Gasteiger partial charge in [-0.05, 0) is 12.5 Å². The van der Waals surface area contributed by atoms with Crippen LogP contribution in [0.15, 0.2) is 23.0 Å². The molecule has 0 spiro atoms. The van der Waals surface area contributed by atoms with Crippen LogP contribution >= 0.6 is 11.8 Å². The van der Waals surface area contributed by atoms with Gasteiger partial charge < -0.3 is 10.2 Å². The molecule has 0 amide bonds. The molecule has 0 bridgehead atoms. The molecular formula is C13H22N2OS. The van der Waals surface area contributed by atoms with Crippen molar-refractivity contribution >= 4 is 11.8 Å². The van der Waals surface area contributed by atoms with Crippen molar-refractivity contribution in [1.82, 2.24) is 4.90 Å². The van der Waals surface area contributed by atoms with E-state index in [2.05, 4.69) is 30.5 Å². The maximum absolute atomic E-state index is 5.92. The van der Waals surface area contributed by atoms with E-state index in [9.17, 15) is 0 Å².